The zero-order valence-electron chi connectivity index (χ0n) is 9.94. The fourth-order valence-corrected chi connectivity index (χ4v) is 1.19. The third-order valence-corrected chi connectivity index (χ3v) is 1.98. The van der Waals surface area contributed by atoms with Crippen molar-refractivity contribution >= 4 is 0 Å². The van der Waals surface area contributed by atoms with E-state index in [0.717, 1.165) is 32.5 Å². The van der Waals surface area contributed by atoms with Gasteiger partial charge in [0.2, 0.25) is 0 Å². The molecule has 0 amide bonds. The molecule has 0 heterocycles. The van der Waals surface area contributed by atoms with Crippen LogP contribution in [0.1, 0.15) is 46.5 Å². The minimum atomic E-state index is 0.793. The SMILES string of the molecule is C=C(C)CCCC=C(C)COCCC. The second kappa shape index (κ2) is 9.01. The van der Waals surface area contributed by atoms with Crippen molar-refractivity contribution in [2.45, 2.75) is 46.5 Å². The molecule has 0 aliphatic carbocycles. The van der Waals surface area contributed by atoms with Crippen LogP contribution in [-0.2, 0) is 4.74 Å². The molecule has 14 heavy (non-hydrogen) atoms. The molecule has 1 nitrogen and oxygen atoms in total. The van der Waals surface area contributed by atoms with Crippen LogP contribution in [0.5, 0.6) is 0 Å². The van der Waals surface area contributed by atoms with Crippen molar-refractivity contribution in [3.05, 3.63) is 23.8 Å². The van der Waals surface area contributed by atoms with Crippen LogP contribution < -0.4 is 0 Å². The van der Waals surface area contributed by atoms with Gasteiger partial charge in [0, 0.05) is 6.61 Å². The minimum absolute atomic E-state index is 0.793. The summed E-state index contributed by atoms with van der Waals surface area (Å²) in [5, 5.41) is 0. The molecule has 0 fully saturated rings. The minimum Gasteiger partial charge on any atom is -0.377 e. The molecule has 0 saturated heterocycles. The first-order valence-corrected chi connectivity index (χ1v) is 5.54. The topological polar surface area (TPSA) is 9.23 Å². The van der Waals surface area contributed by atoms with Crippen molar-refractivity contribution in [3.8, 4) is 0 Å². The first-order chi connectivity index (χ1) is 6.66. The fourth-order valence-electron chi connectivity index (χ4n) is 1.19. The third kappa shape index (κ3) is 9.53. The molecule has 0 saturated carbocycles. The summed E-state index contributed by atoms with van der Waals surface area (Å²) in [7, 11) is 0. The van der Waals surface area contributed by atoms with Gasteiger partial charge in [-0.3, -0.25) is 0 Å². The number of rotatable bonds is 8. The molecule has 0 N–H and O–H groups in total. The summed E-state index contributed by atoms with van der Waals surface area (Å²) in [6.07, 6.45) is 6.87. The molecule has 1 heteroatoms. The molecule has 0 aliphatic rings. The summed E-state index contributed by atoms with van der Waals surface area (Å²) < 4.78 is 5.44. The summed E-state index contributed by atoms with van der Waals surface area (Å²) >= 11 is 0. The number of unbranched alkanes of at least 4 members (excludes halogenated alkanes) is 1. The van der Waals surface area contributed by atoms with Crippen LogP contribution in [0.4, 0.5) is 0 Å². The van der Waals surface area contributed by atoms with Gasteiger partial charge in [0.1, 0.15) is 0 Å². The van der Waals surface area contributed by atoms with E-state index in [1.54, 1.807) is 0 Å². The van der Waals surface area contributed by atoms with Gasteiger partial charge in [0.05, 0.1) is 6.61 Å². The van der Waals surface area contributed by atoms with E-state index in [-0.39, 0.29) is 0 Å². The predicted octanol–water partition coefficient (Wildman–Crippen LogP) is 4.11. The van der Waals surface area contributed by atoms with E-state index in [9.17, 15) is 0 Å². The smallest absolute Gasteiger partial charge is 0.0674 e. The van der Waals surface area contributed by atoms with Crippen LogP contribution in [0.2, 0.25) is 0 Å². The summed E-state index contributed by atoms with van der Waals surface area (Å²) in [5.74, 6) is 0. The lowest BCUT2D eigenvalue weighted by atomic mass is 10.1. The molecule has 0 bridgehead atoms. The molecular weight excluding hydrogens is 172 g/mol. The summed E-state index contributed by atoms with van der Waals surface area (Å²) in [6.45, 7) is 11.9. The van der Waals surface area contributed by atoms with Gasteiger partial charge in [0.25, 0.3) is 0 Å². The highest BCUT2D eigenvalue weighted by molar-refractivity contribution is 4.98. The monoisotopic (exact) mass is 196 g/mol. The van der Waals surface area contributed by atoms with Crippen molar-refractivity contribution < 1.29 is 4.74 Å². The van der Waals surface area contributed by atoms with Gasteiger partial charge in [-0.2, -0.15) is 0 Å². The second-order valence-corrected chi connectivity index (χ2v) is 3.95. The molecule has 0 spiro atoms. The van der Waals surface area contributed by atoms with E-state index >= 15 is 0 Å². The van der Waals surface area contributed by atoms with Gasteiger partial charge in [-0.05, 0) is 39.5 Å². The van der Waals surface area contributed by atoms with Crippen LogP contribution in [0, 0.1) is 0 Å². The normalized spacial score (nSPS) is 11.8. The lowest BCUT2D eigenvalue weighted by molar-refractivity contribution is 0.156. The van der Waals surface area contributed by atoms with Crippen molar-refractivity contribution in [1.82, 2.24) is 0 Å². The second-order valence-electron chi connectivity index (χ2n) is 3.95. The van der Waals surface area contributed by atoms with Crippen molar-refractivity contribution in [2.75, 3.05) is 13.2 Å². The van der Waals surface area contributed by atoms with Crippen LogP contribution in [0.3, 0.4) is 0 Å². The summed E-state index contributed by atoms with van der Waals surface area (Å²) in [4.78, 5) is 0. The molecule has 0 aromatic carbocycles. The Morgan fingerprint density at radius 3 is 2.64 bits per heavy atom. The van der Waals surface area contributed by atoms with Gasteiger partial charge in [0.15, 0.2) is 0 Å². The quantitative estimate of drug-likeness (QED) is 0.419. The van der Waals surface area contributed by atoms with E-state index in [2.05, 4.69) is 33.4 Å². The van der Waals surface area contributed by atoms with Gasteiger partial charge in [-0.1, -0.05) is 24.1 Å². The van der Waals surface area contributed by atoms with E-state index in [1.165, 1.54) is 17.6 Å². The molecular formula is C13H24O. The number of allylic oxidation sites excluding steroid dienone is 2. The van der Waals surface area contributed by atoms with E-state index < -0.39 is 0 Å². The Morgan fingerprint density at radius 1 is 1.36 bits per heavy atom. The largest absolute Gasteiger partial charge is 0.377 e. The highest BCUT2D eigenvalue weighted by Gasteiger charge is 1.90. The number of hydrogen-bond acceptors (Lipinski definition) is 1. The molecule has 0 aliphatic heterocycles. The van der Waals surface area contributed by atoms with Gasteiger partial charge >= 0.3 is 0 Å². The summed E-state index contributed by atoms with van der Waals surface area (Å²) in [5.41, 5.74) is 2.62. The first kappa shape index (κ1) is 13.4. The Hall–Kier alpha value is -0.560. The van der Waals surface area contributed by atoms with Gasteiger partial charge in [-0.25, -0.2) is 0 Å². The highest BCUT2D eigenvalue weighted by Crippen LogP contribution is 2.06. The Bertz CT molecular complexity index is 180. The van der Waals surface area contributed by atoms with E-state index in [1.807, 2.05) is 0 Å². The Kier molecular flexibility index (Phi) is 8.65. The molecule has 0 radical (unpaired) electrons. The zero-order valence-corrected chi connectivity index (χ0v) is 9.94. The van der Waals surface area contributed by atoms with Gasteiger partial charge in [-0.15, -0.1) is 6.58 Å². The lowest BCUT2D eigenvalue weighted by Crippen LogP contribution is -1.96. The summed E-state index contributed by atoms with van der Waals surface area (Å²) in [6, 6.07) is 0. The van der Waals surface area contributed by atoms with Crippen LogP contribution in [0.25, 0.3) is 0 Å². The van der Waals surface area contributed by atoms with Crippen LogP contribution >= 0.6 is 0 Å². The van der Waals surface area contributed by atoms with E-state index in [0.29, 0.717) is 0 Å². The Morgan fingerprint density at radius 2 is 2.07 bits per heavy atom. The number of hydrogen-bond donors (Lipinski definition) is 0. The maximum absolute atomic E-state index is 5.44. The van der Waals surface area contributed by atoms with Crippen molar-refractivity contribution in [1.29, 1.82) is 0 Å². The molecule has 0 aromatic rings. The van der Waals surface area contributed by atoms with E-state index in [4.69, 9.17) is 4.74 Å². The first-order valence-electron chi connectivity index (χ1n) is 5.54. The Labute approximate surface area is 88.9 Å². The molecule has 0 aromatic heterocycles. The molecule has 0 atom stereocenters. The molecule has 0 unspecified atom stereocenters. The number of ether oxygens (including phenoxy) is 1. The fraction of sp³-hybridized carbons (Fsp3) is 0.692. The zero-order chi connectivity index (χ0) is 10.8. The van der Waals surface area contributed by atoms with Crippen molar-refractivity contribution in [2.24, 2.45) is 0 Å². The average Bonchev–Trinajstić information content (AvgIpc) is 2.13. The predicted molar refractivity (Wildman–Crippen MR) is 63.5 cm³/mol. The standard InChI is InChI=1S/C13H24O/c1-5-10-14-11-13(4)9-7-6-8-12(2)3/h9H,2,5-8,10-11H2,1,3-4H3. The van der Waals surface area contributed by atoms with Gasteiger partial charge < -0.3 is 4.74 Å². The molecule has 0 rings (SSSR count). The maximum Gasteiger partial charge on any atom is 0.0674 e. The maximum atomic E-state index is 5.44. The van der Waals surface area contributed by atoms with Crippen LogP contribution in [-0.4, -0.2) is 13.2 Å². The van der Waals surface area contributed by atoms with Crippen molar-refractivity contribution in [3.63, 3.8) is 0 Å². The van der Waals surface area contributed by atoms with Crippen LogP contribution in [0.15, 0.2) is 23.8 Å². The highest BCUT2D eigenvalue weighted by atomic mass is 16.5. The Balaban J connectivity index is 3.41. The lowest BCUT2D eigenvalue weighted by Gasteiger charge is -2.02. The third-order valence-electron chi connectivity index (χ3n) is 1.98. The molecule has 82 valence electrons. The average molecular weight is 196 g/mol.